The van der Waals surface area contributed by atoms with Gasteiger partial charge in [0.1, 0.15) is 0 Å². The molecule has 0 spiro atoms. The van der Waals surface area contributed by atoms with E-state index in [1.165, 1.54) is 13.2 Å². The number of amides is 1. The van der Waals surface area contributed by atoms with Gasteiger partial charge in [0, 0.05) is 17.7 Å². The first kappa shape index (κ1) is 24.9. The van der Waals surface area contributed by atoms with E-state index in [1.807, 2.05) is 6.92 Å². The van der Waals surface area contributed by atoms with E-state index in [-0.39, 0.29) is 17.3 Å². The van der Waals surface area contributed by atoms with E-state index in [1.54, 1.807) is 36.4 Å². The van der Waals surface area contributed by atoms with E-state index in [9.17, 15) is 14.4 Å². The quantitative estimate of drug-likeness (QED) is 0.372. The van der Waals surface area contributed by atoms with E-state index in [0.29, 0.717) is 41.7 Å². The van der Waals surface area contributed by atoms with Gasteiger partial charge < -0.3 is 19.5 Å². The zero-order valence-corrected chi connectivity index (χ0v) is 19.1. The third-order valence-corrected chi connectivity index (χ3v) is 4.65. The number of esters is 1. The molecule has 0 aliphatic heterocycles. The Morgan fingerprint density at radius 3 is 2.28 bits per heavy atom. The smallest absolute Gasteiger partial charge is 0.338 e. The monoisotopic (exact) mass is 441 g/mol. The maximum atomic E-state index is 12.4. The van der Waals surface area contributed by atoms with Crippen molar-refractivity contribution in [1.82, 2.24) is 0 Å². The second-order valence-corrected chi connectivity index (χ2v) is 7.77. The summed E-state index contributed by atoms with van der Waals surface area (Å²) in [6.07, 6.45) is 2.10. The zero-order valence-electron chi connectivity index (χ0n) is 19.1. The first-order valence-corrected chi connectivity index (χ1v) is 10.7. The SMILES string of the molecule is CCCC(=O)Nc1ccc(C(=O)COC(=O)c2ccc(OCCC(C)C)c(OC)c2)cc1. The second-order valence-electron chi connectivity index (χ2n) is 7.77. The summed E-state index contributed by atoms with van der Waals surface area (Å²) < 4.78 is 16.2. The highest BCUT2D eigenvalue weighted by molar-refractivity contribution is 6.00. The van der Waals surface area contributed by atoms with Crippen LogP contribution in [0.3, 0.4) is 0 Å². The summed E-state index contributed by atoms with van der Waals surface area (Å²) in [7, 11) is 1.50. The molecule has 7 heteroatoms. The molecule has 0 saturated carbocycles. The van der Waals surface area contributed by atoms with Gasteiger partial charge in [-0.2, -0.15) is 0 Å². The highest BCUT2D eigenvalue weighted by atomic mass is 16.5. The van der Waals surface area contributed by atoms with Gasteiger partial charge in [0.2, 0.25) is 5.91 Å². The summed E-state index contributed by atoms with van der Waals surface area (Å²) in [6.45, 7) is 6.30. The van der Waals surface area contributed by atoms with Crippen molar-refractivity contribution in [3.8, 4) is 11.5 Å². The van der Waals surface area contributed by atoms with Crippen molar-refractivity contribution in [2.45, 2.75) is 40.0 Å². The van der Waals surface area contributed by atoms with Crippen LogP contribution in [0.2, 0.25) is 0 Å². The molecule has 32 heavy (non-hydrogen) atoms. The van der Waals surface area contributed by atoms with Crippen LogP contribution in [0.25, 0.3) is 0 Å². The third kappa shape index (κ3) is 7.72. The molecule has 2 aromatic carbocycles. The lowest BCUT2D eigenvalue weighted by Gasteiger charge is -2.13. The molecular formula is C25H31NO6. The number of hydrogen-bond donors (Lipinski definition) is 1. The summed E-state index contributed by atoms with van der Waals surface area (Å²) in [5, 5.41) is 2.76. The average molecular weight is 442 g/mol. The highest BCUT2D eigenvalue weighted by Gasteiger charge is 2.15. The number of nitrogens with one attached hydrogen (secondary N) is 1. The number of methoxy groups -OCH3 is 1. The Bertz CT molecular complexity index is 921. The molecule has 0 aliphatic carbocycles. The van der Waals surface area contributed by atoms with Gasteiger partial charge in [-0.1, -0.05) is 20.8 Å². The number of benzene rings is 2. The van der Waals surface area contributed by atoms with Crippen molar-refractivity contribution in [2.24, 2.45) is 5.92 Å². The molecular weight excluding hydrogens is 410 g/mol. The largest absolute Gasteiger partial charge is 0.493 e. The number of ether oxygens (including phenoxy) is 3. The minimum atomic E-state index is -0.631. The maximum Gasteiger partial charge on any atom is 0.338 e. The normalized spacial score (nSPS) is 10.5. The van der Waals surface area contributed by atoms with Gasteiger partial charge in [-0.15, -0.1) is 0 Å². The molecule has 0 fully saturated rings. The summed E-state index contributed by atoms with van der Waals surface area (Å²) in [5.41, 5.74) is 1.26. The van der Waals surface area contributed by atoms with Crippen LogP contribution >= 0.6 is 0 Å². The van der Waals surface area contributed by atoms with Crippen LogP contribution in [0.15, 0.2) is 42.5 Å². The van der Waals surface area contributed by atoms with Crippen molar-refractivity contribution >= 4 is 23.3 Å². The van der Waals surface area contributed by atoms with Crippen molar-refractivity contribution in [2.75, 3.05) is 25.6 Å². The maximum absolute atomic E-state index is 12.4. The number of ketones is 1. The topological polar surface area (TPSA) is 90.9 Å². The van der Waals surface area contributed by atoms with Crippen LogP contribution in [-0.4, -0.2) is 38.0 Å². The minimum Gasteiger partial charge on any atom is -0.493 e. The Morgan fingerprint density at radius 1 is 0.969 bits per heavy atom. The fourth-order valence-electron chi connectivity index (χ4n) is 2.81. The van der Waals surface area contributed by atoms with Gasteiger partial charge in [0.25, 0.3) is 0 Å². The van der Waals surface area contributed by atoms with Gasteiger partial charge in [-0.05, 0) is 61.2 Å². The number of carbonyl (C=O) groups is 3. The van der Waals surface area contributed by atoms with Crippen LogP contribution in [0.1, 0.15) is 60.7 Å². The second kappa shape index (κ2) is 12.5. The predicted octanol–water partition coefficient (Wildman–Crippen LogP) is 4.90. The predicted molar refractivity (Wildman–Crippen MR) is 123 cm³/mol. The number of rotatable bonds is 12. The molecule has 0 radical (unpaired) electrons. The lowest BCUT2D eigenvalue weighted by Crippen LogP contribution is -2.15. The van der Waals surface area contributed by atoms with Crippen LogP contribution in [0, 0.1) is 5.92 Å². The molecule has 0 unspecified atom stereocenters. The molecule has 0 aromatic heterocycles. The highest BCUT2D eigenvalue weighted by Crippen LogP contribution is 2.28. The molecule has 0 saturated heterocycles. The standard InChI is InChI=1S/C25H31NO6/c1-5-6-24(28)26-20-10-7-18(8-11-20)21(27)16-32-25(29)19-9-12-22(23(15-19)30-4)31-14-13-17(2)3/h7-12,15,17H,5-6,13-14,16H2,1-4H3,(H,26,28). The van der Waals surface area contributed by atoms with Crippen molar-refractivity contribution < 1.29 is 28.6 Å². The van der Waals surface area contributed by atoms with Gasteiger partial charge in [0.05, 0.1) is 19.3 Å². The molecule has 2 rings (SSSR count). The third-order valence-electron chi connectivity index (χ3n) is 4.65. The lowest BCUT2D eigenvalue weighted by molar-refractivity contribution is -0.116. The average Bonchev–Trinajstić information content (AvgIpc) is 2.77. The summed E-state index contributed by atoms with van der Waals surface area (Å²) in [6, 6.07) is 11.2. The molecule has 0 aliphatic rings. The van der Waals surface area contributed by atoms with Gasteiger partial charge >= 0.3 is 5.97 Å². The minimum absolute atomic E-state index is 0.0766. The van der Waals surface area contributed by atoms with Crippen LogP contribution in [0.4, 0.5) is 5.69 Å². The van der Waals surface area contributed by atoms with Gasteiger partial charge in [0.15, 0.2) is 23.9 Å². The van der Waals surface area contributed by atoms with Gasteiger partial charge in [-0.25, -0.2) is 4.79 Å². The number of carbonyl (C=O) groups excluding carboxylic acids is 3. The Balaban J connectivity index is 1.92. The van der Waals surface area contributed by atoms with E-state index in [4.69, 9.17) is 14.2 Å². The summed E-state index contributed by atoms with van der Waals surface area (Å²) >= 11 is 0. The molecule has 0 heterocycles. The van der Waals surface area contributed by atoms with E-state index >= 15 is 0 Å². The van der Waals surface area contributed by atoms with Gasteiger partial charge in [-0.3, -0.25) is 9.59 Å². The molecule has 0 atom stereocenters. The van der Waals surface area contributed by atoms with Crippen LogP contribution < -0.4 is 14.8 Å². The molecule has 7 nitrogen and oxygen atoms in total. The number of Topliss-reactive ketones (excluding diaryl/α,β-unsaturated/α-hetero) is 1. The van der Waals surface area contributed by atoms with Crippen molar-refractivity contribution in [3.05, 3.63) is 53.6 Å². The number of hydrogen-bond acceptors (Lipinski definition) is 6. The Kier molecular flexibility index (Phi) is 9.73. The Morgan fingerprint density at radius 2 is 1.66 bits per heavy atom. The lowest BCUT2D eigenvalue weighted by atomic mass is 10.1. The first-order chi connectivity index (χ1) is 15.3. The summed E-state index contributed by atoms with van der Waals surface area (Å²) in [4.78, 5) is 36.4. The Hall–Kier alpha value is -3.35. The first-order valence-electron chi connectivity index (χ1n) is 10.7. The van der Waals surface area contributed by atoms with Crippen LogP contribution in [0.5, 0.6) is 11.5 Å². The molecule has 2 aromatic rings. The fourth-order valence-corrected chi connectivity index (χ4v) is 2.81. The molecule has 1 N–H and O–H groups in total. The fraction of sp³-hybridized carbons (Fsp3) is 0.400. The molecule has 0 bridgehead atoms. The van der Waals surface area contributed by atoms with Crippen molar-refractivity contribution in [1.29, 1.82) is 0 Å². The van der Waals surface area contributed by atoms with E-state index in [2.05, 4.69) is 19.2 Å². The molecule has 172 valence electrons. The van der Waals surface area contributed by atoms with Crippen LogP contribution in [-0.2, 0) is 9.53 Å². The summed E-state index contributed by atoms with van der Waals surface area (Å²) in [5.74, 6) is 0.442. The Labute approximate surface area is 189 Å². The zero-order chi connectivity index (χ0) is 23.5. The van der Waals surface area contributed by atoms with E-state index in [0.717, 1.165) is 12.8 Å². The molecule has 1 amide bonds. The van der Waals surface area contributed by atoms with E-state index < -0.39 is 12.6 Å². The van der Waals surface area contributed by atoms with Crippen molar-refractivity contribution in [3.63, 3.8) is 0 Å². The number of anilines is 1.